The Morgan fingerprint density at radius 1 is 1.50 bits per heavy atom. The molecular weight excluding hydrogens is 262 g/mol. The van der Waals surface area contributed by atoms with Crippen molar-refractivity contribution < 1.29 is 19.4 Å². The maximum Gasteiger partial charge on any atom is 0.321 e. The fourth-order valence-corrected chi connectivity index (χ4v) is 1.57. The van der Waals surface area contributed by atoms with Gasteiger partial charge in [-0.05, 0) is 25.1 Å². The van der Waals surface area contributed by atoms with Crippen molar-refractivity contribution in [2.24, 2.45) is 0 Å². The number of pyridine rings is 1. The van der Waals surface area contributed by atoms with Gasteiger partial charge in [0, 0.05) is 19.9 Å². The van der Waals surface area contributed by atoms with E-state index >= 15 is 0 Å². The minimum atomic E-state index is -1.05. The van der Waals surface area contributed by atoms with Gasteiger partial charge in [0.1, 0.15) is 6.04 Å². The predicted octanol–water partition coefficient (Wildman–Crippen LogP) is 0.489. The molecule has 0 spiro atoms. The molecule has 0 aromatic carbocycles. The lowest BCUT2D eigenvalue weighted by Crippen LogP contribution is -2.40. The van der Waals surface area contributed by atoms with E-state index in [1.807, 2.05) is 0 Å². The Kier molecular flexibility index (Phi) is 7.23. The van der Waals surface area contributed by atoms with Crippen LogP contribution >= 0.6 is 0 Å². The van der Waals surface area contributed by atoms with Crippen molar-refractivity contribution in [3.05, 3.63) is 24.5 Å². The largest absolute Gasteiger partial charge is 0.480 e. The Morgan fingerprint density at radius 3 is 2.90 bits per heavy atom. The summed E-state index contributed by atoms with van der Waals surface area (Å²) >= 11 is 0. The highest BCUT2D eigenvalue weighted by Crippen LogP contribution is 2.04. The summed E-state index contributed by atoms with van der Waals surface area (Å²) < 4.78 is 4.87. The average Bonchev–Trinajstić information content (AvgIpc) is 2.43. The lowest BCUT2D eigenvalue weighted by molar-refractivity contribution is -0.141. The lowest BCUT2D eigenvalue weighted by atomic mass is 10.2. The fraction of sp³-hybridized carbons (Fsp3) is 0.462. The molecule has 0 aliphatic rings. The minimum Gasteiger partial charge on any atom is -0.480 e. The Bertz CT molecular complexity index is 425. The molecule has 1 rings (SSSR count). The summed E-state index contributed by atoms with van der Waals surface area (Å²) in [6.07, 6.45) is 3.63. The Balaban J connectivity index is 2.40. The van der Waals surface area contributed by atoms with Crippen LogP contribution < -0.4 is 10.6 Å². The maximum absolute atomic E-state index is 11.7. The third-order valence-corrected chi connectivity index (χ3v) is 2.55. The first kappa shape index (κ1) is 16.1. The molecule has 0 aliphatic carbocycles. The first-order valence-corrected chi connectivity index (χ1v) is 6.28. The molecule has 20 heavy (non-hydrogen) atoms. The molecule has 110 valence electrons. The number of methoxy groups -OCH3 is 1. The normalized spacial score (nSPS) is 11.8. The van der Waals surface area contributed by atoms with Crippen LogP contribution in [0.5, 0.6) is 0 Å². The van der Waals surface area contributed by atoms with E-state index in [4.69, 9.17) is 9.84 Å². The van der Waals surface area contributed by atoms with Gasteiger partial charge in [0.25, 0.3) is 0 Å². The van der Waals surface area contributed by atoms with Gasteiger partial charge < -0.3 is 20.5 Å². The molecule has 1 aromatic rings. The third-order valence-electron chi connectivity index (χ3n) is 2.55. The predicted molar refractivity (Wildman–Crippen MR) is 73.4 cm³/mol. The monoisotopic (exact) mass is 281 g/mol. The van der Waals surface area contributed by atoms with Crippen molar-refractivity contribution in [1.29, 1.82) is 0 Å². The second kappa shape index (κ2) is 9.00. The summed E-state index contributed by atoms with van der Waals surface area (Å²) in [5.74, 6) is -1.42. The second-order valence-corrected chi connectivity index (χ2v) is 4.19. The maximum atomic E-state index is 11.7. The highest BCUT2D eigenvalue weighted by molar-refractivity contribution is 5.93. The fourth-order valence-electron chi connectivity index (χ4n) is 1.57. The number of rotatable bonds is 9. The zero-order chi connectivity index (χ0) is 14.8. The molecule has 0 radical (unpaired) electrons. The van der Waals surface area contributed by atoms with Gasteiger partial charge in [-0.1, -0.05) is 0 Å². The summed E-state index contributed by atoms with van der Waals surface area (Å²) in [6.45, 7) is 1.02. The van der Waals surface area contributed by atoms with E-state index in [2.05, 4.69) is 15.6 Å². The van der Waals surface area contributed by atoms with Gasteiger partial charge in [0.05, 0.1) is 18.3 Å². The third kappa shape index (κ3) is 6.26. The number of carbonyl (C=O) groups is 2. The van der Waals surface area contributed by atoms with E-state index < -0.39 is 12.0 Å². The second-order valence-electron chi connectivity index (χ2n) is 4.19. The van der Waals surface area contributed by atoms with Crippen molar-refractivity contribution in [3.8, 4) is 0 Å². The standard InChI is InChI=1S/C13H19N3O4/c1-20-7-3-6-15-11(13(18)19)8-12(17)16-10-4-2-5-14-9-10/h2,4-5,9,11,15H,3,6-8H2,1H3,(H,16,17)(H,18,19). The van der Waals surface area contributed by atoms with Crippen LogP contribution in [0.1, 0.15) is 12.8 Å². The first-order valence-electron chi connectivity index (χ1n) is 6.28. The van der Waals surface area contributed by atoms with E-state index in [0.29, 0.717) is 25.3 Å². The number of nitrogens with zero attached hydrogens (tertiary/aromatic N) is 1. The van der Waals surface area contributed by atoms with E-state index in [1.54, 1.807) is 25.4 Å². The van der Waals surface area contributed by atoms with Crippen molar-refractivity contribution >= 4 is 17.6 Å². The van der Waals surface area contributed by atoms with Gasteiger partial charge >= 0.3 is 5.97 Å². The SMILES string of the molecule is COCCCNC(CC(=O)Nc1cccnc1)C(=O)O. The van der Waals surface area contributed by atoms with Gasteiger partial charge in [-0.15, -0.1) is 0 Å². The summed E-state index contributed by atoms with van der Waals surface area (Å²) in [5.41, 5.74) is 0.543. The molecule has 7 heteroatoms. The van der Waals surface area contributed by atoms with Crippen LogP contribution in [0.15, 0.2) is 24.5 Å². The molecular formula is C13H19N3O4. The zero-order valence-electron chi connectivity index (χ0n) is 11.3. The highest BCUT2D eigenvalue weighted by atomic mass is 16.5. The number of anilines is 1. The summed E-state index contributed by atoms with van der Waals surface area (Å²) in [7, 11) is 1.58. The molecule has 1 unspecified atom stereocenters. The Hall–Kier alpha value is -1.99. The highest BCUT2D eigenvalue weighted by Gasteiger charge is 2.20. The van der Waals surface area contributed by atoms with Crippen LogP contribution in [0.25, 0.3) is 0 Å². The zero-order valence-corrected chi connectivity index (χ0v) is 11.3. The topological polar surface area (TPSA) is 101 Å². The molecule has 0 fully saturated rings. The van der Waals surface area contributed by atoms with Gasteiger partial charge in [0.2, 0.25) is 5.91 Å². The number of aliphatic carboxylic acids is 1. The van der Waals surface area contributed by atoms with Crippen molar-refractivity contribution in [1.82, 2.24) is 10.3 Å². The number of carbonyl (C=O) groups excluding carboxylic acids is 1. The number of carboxylic acid groups (broad SMARTS) is 1. The molecule has 0 aliphatic heterocycles. The molecule has 3 N–H and O–H groups in total. The lowest BCUT2D eigenvalue weighted by Gasteiger charge is -2.14. The van der Waals surface area contributed by atoms with E-state index in [-0.39, 0.29) is 12.3 Å². The Morgan fingerprint density at radius 2 is 2.30 bits per heavy atom. The van der Waals surface area contributed by atoms with Gasteiger partial charge in [-0.25, -0.2) is 0 Å². The van der Waals surface area contributed by atoms with Crippen molar-refractivity contribution in [3.63, 3.8) is 0 Å². The van der Waals surface area contributed by atoms with Crippen LogP contribution in [0.2, 0.25) is 0 Å². The number of hydrogen-bond acceptors (Lipinski definition) is 5. The summed E-state index contributed by atoms with van der Waals surface area (Å²) in [4.78, 5) is 26.7. The molecule has 0 saturated heterocycles. The molecule has 1 aromatic heterocycles. The number of hydrogen-bond donors (Lipinski definition) is 3. The van der Waals surface area contributed by atoms with Gasteiger partial charge in [0.15, 0.2) is 0 Å². The molecule has 1 amide bonds. The molecule has 0 bridgehead atoms. The number of amides is 1. The quantitative estimate of drug-likeness (QED) is 0.570. The minimum absolute atomic E-state index is 0.142. The van der Waals surface area contributed by atoms with Crippen LogP contribution in [0.4, 0.5) is 5.69 Å². The summed E-state index contributed by atoms with van der Waals surface area (Å²) in [6, 6.07) is 2.46. The molecule has 7 nitrogen and oxygen atoms in total. The smallest absolute Gasteiger partial charge is 0.321 e. The molecule has 1 atom stereocenters. The Labute approximate surface area is 117 Å². The average molecular weight is 281 g/mol. The van der Waals surface area contributed by atoms with Crippen LogP contribution in [0.3, 0.4) is 0 Å². The van der Waals surface area contributed by atoms with E-state index in [9.17, 15) is 9.59 Å². The number of nitrogens with one attached hydrogen (secondary N) is 2. The summed E-state index contributed by atoms with van der Waals surface area (Å²) in [5, 5.41) is 14.5. The molecule has 0 saturated carbocycles. The number of ether oxygens (including phenoxy) is 1. The van der Waals surface area contributed by atoms with Crippen LogP contribution in [0, 0.1) is 0 Å². The van der Waals surface area contributed by atoms with E-state index in [1.165, 1.54) is 6.20 Å². The number of aromatic nitrogens is 1. The number of carboxylic acids is 1. The first-order chi connectivity index (χ1) is 9.63. The van der Waals surface area contributed by atoms with Crippen LogP contribution in [-0.4, -0.2) is 48.3 Å². The molecule has 1 heterocycles. The van der Waals surface area contributed by atoms with E-state index in [0.717, 1.165) is 0 Å². The van der Waals surface area contributed by atoms with Crippen LogP contribution in [-0.2, 0) is 14.3 Å². The van der Waals surface area contributed by atoms with Crippen molar-refractivity contribution in [2.45, 2.75) is 18.9 Å². The van der Waals surface area contributed by atoms with Gasteiger partial charge in [-0.3, -0.25) is 14.6 Å². The van der Waals surface area contributed by atoms with Gasteiger partial charge in [-0.2, -0.15) is 0 Å². The van der Waals surface area contributed by atoms with Crippen molar-refractivity contribution in [2.75, 3.05) is 25.6 Å².